The van der Waals surface area contributed by atoms with Crippen molar-refractivity contribution in [3.63, 3.8) is 0 Å². The quantitative estimate of drug-likeness (QED) is 0.270. The molecule has 0 saturated heterocycles. The third-order valence-corrected chi connectivity index (χ3v) is 11.3. The fourth-order valence-electron chi connectivity index (χ4n) is 8.50. The predicted molar refractivity (Wildman–Crippen MR) is 147 cm³/mol. The minimum atomic E-state index is -2.58. The lowest BCUT2D eigenvalue weighted by Gasteiger charge is -2.49. The fraction of sp³-hybridized carbons (Fsp3) is 1.00. The SMILES string of the molecule is CC(C)C1CCC(CC(CC2CCC(C(C)C)CC2)(CC2CCC(C(C)C)CC2)C(O)(O)O)CC1. The zero-order valence-corrected chi connectivity index (χ0v) is 24.1. The molecule has 3 N–H and O–H groups in total. The summed E-state index contributed by atoms with van der Waals surface area (Å²) in [5, 5.41) is 33.2. The number of hydrogen-bond acceptors (Lipinski definition) is 3. The van der Waals surface area contributed by atoms with E-state index in [1.54, 1.807) is 0 Å². The summed E-state index contributed by atoms with van der Waals surface area (Å²) in [5.74, 6) is 3.58. The van der Waals surface area contributed by atoms with E-state index >= 15 is 0 Å². The summed E-state index contributed by atoms with van der Waals surface area (Å²) in [6, 6.07) is 0. The number of aliphatic hydroxyl groups is 3. The average molecular weight is 493 g/mol. The zero-order valence-electron chi connectivity index (χ0n) is 24.1. The summed E-state index contributed by atoms with van der Waals surface area (Å²) in [4.78, 5) is 0. The monoisotopic (exact) mass is 492 g/mol. The molecular weight excluding hydrogens is 432 g/mol. The highest BCUT2D eigenvalue weighted by molar-refractivity contribution is 4.94. The Morgan fingerprint density at radius 1 is 0.457 bits per heavy atom. The van der Waals surface area contributed by atoms with Crippen molar-refractivity contribution in [1.82, 2.24) is 0 Å². The molecule has 0 spiro atoms. The fourth-order valence-corrected chi connectivity index (χ4v) is 8.50. The minimum Gasteiger partial charge on any atom is -0.343 e. The maximum Gasteiger partial charge on any atom is 0.281 e. The Bertz CT molecular complexity index is 521. The first-order valence-electron chi connectivity index (χ1n) is 15.6. The zero-order chi connectivity index (χ0) is 25.8. The second kappa shape index (κ2) is 12.6. The van der Waals surface area contributed by atoms with E-state index in [4.69, 9.17) is 0 Å². The molecule has 3 aliphatic rings. The molecule has 0 aliphatic heterocycles. The number of hydrogen-bond donors (Lipinski definition) is 3. The van der Waals surface area contributed by atoms with Crippen molar-refractivity contribution in [1.29, 1.82) is 0 Å². The Kier molecular flexibility index (Phi) is 10.6. The van der Waals surface area contributed by atoms with Crippen LogP contribution in [0.5, 0.6) is 0 Å². The van der Waals surface area contributed by atoms with Crippen molar-refractivity contribution >= 4 is 0 Å². The first-order valence-corrected chi connectivity index (χ1v) is 15.6. The van der Waals surface area contributed by atoms with E-state index in [9.17, 15) is 15.3 Å². The van der Waals surface area contributed by atoms with Gasteiger partial charge in [0.25, 0.3) is 5.97 Å². The minimum absolute atomic E-state index is 0.509. The third-order valence-electron chi connectivity index (χ3n) is 11.3. The van der Waals surface area contributed by atoms with Gasteiger partial charge in [0, 0.05) is 0 Å². The van der Waals surface area contributed by atoms with E-state index in [0.717, 1.165) is 54.8 Å². The predicted octanol–water partition coefficient (Wildman–Crippen LogP) is 8.16. The second-order valence-electron chi connectivity index (χ2n) is 14.6. The van der Waals surface area contributed by atoms with Gasteiger partial charge in [-0.05, 0) is 111 Å². The molecule has 0 aromatic heterocycles. The van der Waals surface area contributed by atoms with Crippen LogP contribution in [0.2, 0.25) is 0 Å². The van der Waals surface area contributed by atoms with Gasteiger partial charge < -0.3 is 15.3 Å². The summed E-state index contributed by atoms with van der Waals surface area (Å²) < 4.78 is 0. The van der Waals surface area contributed by atoms with E-state index in [1.807, 2.05) is 0 Å². The van der Waals surface area contributed by atoms with Gasteiger partial charge in [0.05, 0.1) is 5.41 Å². The summed E-state index contributed by atoms with van der Waals surface area (Å²) in [6.07, 6.45) is 17.0. The molecule has 3 saturated carbocycles. The van der Waals surface area contributed by atoms with Gasteiger partial charge >= 0.3 is 0 Å². The maximum atomic E-state index is 11.1. The van der Waals surface area contributed by atoms with E-state index in [-0.39, 0.29) is 0 Å². The van der Waals surface area contributed by atoms with Crippen molar-refractivity contribution in [2.45, 2.75) is 144 Å². The van der Waals surface area contributed by atoms with Crippen LogP contribution in [0, 0.1) is 58.7 Å². The lowest BCUT2D eigenvalue weighted by atomic mass is 9.60. The summed E-state index contributed by atoms with van der Waals surface area (Å²) in [7, 11) is 0. The molecule has 0 bridgehead atoms. The van der Waals surface area contributed by atoms with E-state index in [0.29, 0.717) is 17.8 Å². The van der Waals surface area contributed by atoms with Crippen molar-refractivity contribution in [2.24, 2.45) is 58.7 Å². The molecule has 35 heavy (non-hydrogen) atoms. The van der Waals surface area contributed by atoms with Gasteiger partial charge in [-0.3, -0.25) is 0 Å². The Morgan fingerprint density at radius 2 is 0.686 bits per heavy atom. The lowest BCUT2D eigenvalue weighted by Crippen LogP contribution is -2.52. The van der Waals surface area contributed by atoms with Gasteiger partial charge in [-0.2, -0.15) is 0 Å². The van der Waals surface area contributed by atoms with Gasteiger partial charge in [0.2, 0.25) is 0 Å². The highest BCUT2D eigenvalue weighted by Gasteiger charge is 2.52. The van der Waals surface area contributed by atoms with Crippen molar-refractivity contribution in [3.05, 3.63) is 0 Å². The van der Waals surface area contributed by atoms with Crippen LogP contribution in [0.15, 0.2) is 0 Å². The molecule has 3 aliphatic carbocycles. The van der Waals surface area contributed by atoms with Gasteiger partial charge in [-0.25, -0.2) is 0 Å². The van der Waals surface area contributed by atoms with Crippen LogP contribution in [0.3, 0.4) is 0 Å². The Balaban J connectivity index is 1.75. The van der Waals surface area contributed by atoms with Crippen LogP contribution >= 0.6 is 0 Å². The molecule has 0 heterocycles. The smallest absolute Gasteiger partial charge is 0.281 e. The molecular formula is C32H60O3. The highest BCUT2D eigenvalue weighted by Crippen LogP contribution is 2.53. The molecule has 206 valence electrons. The van der Waals surface area contributed by atoms with E-state index < -0.39 is 11.4 Å². The van der Waals surface area contributed by atoms with Crippen LogP contribution in [0.25, 0.3) is 0 Å². The summed E-state index contributed by atoms with van der Waals surface area (Å²) >= 11 is 0. The van der Waals surface area contributed by atoms with Crippen LogP contribution in [0.1, 0.15) is 138 Å². The Labute approximate surface area is 217 Å². The molecule has 3 fully saturated rings. The largest absolute Gasteiger partial charge is 0.343 e. The molecule has 3 heteroatoms. The van der Waals surface area contributed by atoms with E-state index in [1.165, 1.54) is 77.0 Å². The first kappa shape index (κ1) is 29.4. The second-order valence-corrected chi connectivity index (χ2v) is 14.6. The third kappa shape index (κ3) is 7.93. The molecule has 0 aromatic rings. The van der Waals surface area contributed by atoms with Gasteiger partial charge in [0.1, 0.15) is 0 Å². The average Bonchev–Trinajstić information content (AvgIpc) is 2.79. The Morgan fingerprint density at radius 3 is 0.857 bits per heavy atom. The molecule has 0 amide bonds. The summed E-state index contributed by atoms with van der Waals surface area (Å²) in [5.41, 5.74) is -0.785. The van der Waals surface area contributed by atoms with E-state index in [2.05, 4.69) is 41.5 Å². The van der Waals surface area contributed by atoms with Crippen LogP contribution in [-0.2, 0) is 0 Å². The van der Waals surface area contributed by atoms with Crippen molar-refractivity contribution in [2.75, 3.05) is 0 Å². The molecule has 0 unspecified atom stereocenters. The van der Waals surface area contributed by atoms with Gasteiger partial charge in [-0.15, -0.1) is 0 Å². The van der Waals surface area contributed by atoms with Crippen molar-refractivity contribution < 1.29 is 15.3 Å². The topological polar surface area (TPSA) is 60.7 Å². The van der Waals surface area contributed by atoms with Gasteiger partial charge in [-0.1, -0.05) is 80.1 Å². The highest BCUT2D eigenvalue weighted by atomic mass is 16.7. The van der Waals surface area contributed by atoms with Crippen LogP contribution in [0.4, 0.5) is 0 Å². The van der Waals surface area contributed by atoms with Crippen LogP contribution < -0.4 is 0 Å². The number of rotatable bonds is 10. The molecule has 3 rings (SSSR count). The van der Waals surface area contributed by atoms with Gasteiger partial charge in [0.15, 0.2) is 0 Å². The molecule has 0 aromatic carbocycles. The maximum absolute atomic E-state index is 11.1. The normalized spacial score (nSPS) is 35.0. The molecule has 3 nitrogen and oxygen atoms in total. The standard InChI is InChI=1S/C32H60O3/c1-22(2)28-13-7-25(8-14-28)19-31(32(33,34)35,20-26-9-15-29(16-10-26)23(3)4)21-27-11-17-30(18-12-27)24(5)6/h22-30,33-35H,7-21H2,1-6H3. The summed E-state index contributed by atoms with van der Waals surface area (Å²) in [6.45, 7) is 14.1. The van der Waals surface area contributed by atoms with Crippen LogP contribution in [-0.4, -0.2) is 21.3 Å². The first-order chi connectivity index (χ1) is 16.4. The molecule has 0 radical (unpaired) electrons. The lowest BCUT2D eigenvalue weighted by molar-refractivity contribution is -0.385. The molecule has 0 atom stereocenters. The Hall–Kier alpha value is -0.120. The van der Waals surface area contributed by atoms with Crippen molar-refractivity contribution in [3.8, 4) is 0 Å².